The molecule has 4 aromatic rings. The van der Waals surface area contributed by atoms with Gasteiger partial charge in [-0.25, -0.2) is 4.39 Å². The molecule has 154 valence electrons. The van der Waals surface area contributed by atoms with Gasteiger partial charge in [0.2, 0.25) is 23.4 Å². The molecule has 0 radical (unpaired) electrons. The van der Waals surface area contributed by atoms with Crippen molar-refractivity contribution >= 4 is 0 Å². The van der Waals surface area contributed by atoms with E-state index >= 15 is 0 Å². The molecule has 4 heterocycles. The molecule has 1 aliphatic heterocycles. The summed E-state index contributed by atoms with van der Waals surface area (Å²) in [6.45, 7) is 2.33. The zero-order valence-corrected chi connectivity index (χ0v) is 16.5. The second-order valence-corrected chi connectivity index (χ2v) is 7.53. The summed E-state index contributed by atoms with van der Waals surface area (Å²) in [6.07, 6.45) is 3.81. The van der Waals surface area contributed by atoms with E-state index in [1.807, 2.05) is 29.9 Å². The number of nitrogens with zero attached hydrogens (tertiary/aromatic N) is 6. The highest BCUT2D eigenvalue weighted by Gasteiger charge is 2.26. The summed E-state index contributed by atoms with van der Waals surface area (Å²) in [4.78, 5) is 11.3. The van der Waals surface area contributed by atoms with Crippen LogP contribution in [0.2, 0.25) is 0 Å². The first kappa shape index (κ1) is 18.7. The van der Waals surface area contributed by atoms with Gasteiger partial charge in [0.05, 0.1) is 12.2 Å². The fraction of sp³-hybridized carbons (Fsp3) is 0.333. The molecule has 0 amide bonds. The lowest BCUT2D eigenvalue weighted by atomic mass is 9.97. The molecule has 1 saturated heterocycles. The number of aromatic nitrogens is 5. The Morgan fingerprint density at radius 2 is 1.77 bits per heavy atom. The van der Waals surface area contributed by atoms with Crippen molar-refractivity contribution in [3.8, 4) is 22.9 Å². The molecule has 0 unspecified atom stereocenters. The summed E-state index contributed by atoms with van der Waals surface area (Å²) in [5.41, 5.74) is 1.67. The highest BCUT2D eigenvalue weighted by Crippen LogP contribution is 2.29. The third-order valence-corrected chi connectivity index (χ3v) is 5.48. The molecule has 0 saturated carbocycles. The lowest BCUT2D eigenvalue weighted by molar-refractivity contribution is 0.168. The zero-order valence-electron chi connectivity index (χ0n) is 16.5. The number of hydrogen-bond acceptors (Lipinski definition) is 7. The molecular formula is C21H21FN6O2. The first-order valence-electron chi connectivity index (χ1n) is 9.92. The van der Waals surface area contributed by atoms with E-state index in [2.05, 4.69) is 25.2 Å². The second kappa shape index (κ2) is 7.83. The summed E-state index contributed by atoms with van der Waals surface area (Å²) < 4.78 is 26.0. The number of aryl methyl sites for hydroxylation is 1. The normalized spacial score (nSPS) is 15.7. The van der Waals surface area contributed by atoms with Gasteiger partial charge in [-0.3, -0.25) is 4.90 Å². The van der Waals surface area contributed by atoms with Gasteiger partial charge in [0.25, 0.3) is 0 Å². The van der Waals surface area contributed by atoms with E-state index < -0.39 is 0 Å². The monoisotopic (exact) mass is 408 g/mol. The minimum Gasteiger partial charge on any atom is -0.348 e. The van der Waals surface area contributed by atoms with Crippen LogP contribution in [0.15, 0.2) is 51.6 Å². The van der Waals surface area contributed by atoms with Gasteiger partial charge in [-0.2, -0.15) is 9.97 Å². The van der Waals surface area contributed by atoms with Crippen molar-refractivity contribution in [1.82, 2.24) is 29.7 Å². The average molecular weight is 408 g/mol. The highest BCUT2D eigenvalue weighted by atomic mass is 19.1. The predicted octanol–water partition coefficient (Wildman–Crippen LogP) is 3.64. The molecule has 5 rings (SSSR count). The predicted molar refractivity (Wildman–Crippen MR) is 106 cm³/mol. The number of rotatable bonds is 5. The Kier molecular flexibility index (Phi) is 4.88. The minimum atomic E-state index is -0.289. The van der Waals surface area contributed by atoms with Gasteiger partial charge in [0.15, 0.2) is 0 Å². The van der Waals surface area contributed by atoms with Gasteiger partial charge in [0, 0.05) is 24.7 Å². The van der Waals surface area contributed by atoms with Crippen LogP contribution in [-0.4, -0.2) is 42.8 Å². The number of likely N-dealkylation sites (tertiary alicyclic amines) is 1. The standard InChI is InChI=1S/C21H21FN6O2/c1-27-10-2-3-17(27)20-24-21(30-26-20)15-8-11-28(12-9-15)13-18-23-19(25-29-18)14-4-6-16(22)7-5-14/h2-7,10,15H,8-9,11-13H2,1H3. The van der Waals surface area contributed by atoms with Crippen LogP contribution in [0.25, 0.3) is 22.9 Å². The molecule has 0 N–H and O–H groups in total. The maximum Gasteiger partial charge on any atom is 0.241 e. The van der Waals surface area contributed by atoms with Gasteiger partial charge >= 0.3 is 0 Å². The smallest absolute Gasteiger partial charge is 0.241 e. The van der Waals surface area contributed by atoms with Crippen LogP contribution in [0.3, 0.4) is 0 Å². The Hall–Kier alpha value is -3.33. The maximum atomic E-state index is 13.1. The molecule has 0 bridgehead atoms. The van der Waals surface area contributed by atoms with Crippen LogP contribution in [0.1, 0.15) is 30.5 Å². The van der Waals surface area contributed by atoms with E-state index in [0.29, 0.717) is 30.0 Å². The van der Waals surface area contributed by atoms with E-state index in [1.165, 1.54) is 12.1 Å². The number of piperidine rings is 1. The topological polar surface area (TPSA) is 86.0 Å². The number of benzene rings is 1. The van der Waals surface area contributed by atoms with Crippen molar-refractivity contribution in [3.63, 3.8) is 0 Å². The molecule has 1 fully saturated rings. The largest absolute Gasteiger partial charge is 0.348 e. The summed E-state index contributed by atoms with van der Waals surface area (Å²) >= 11 is 0. The van der Waals surface area contributed by atoms with Crippen LogP contribution in [0.4, 0.5) is 4.39 Å². The summed E-state index contributed by atoms with van der Waals surface area (Å²) in [5, 5.41) is 8.15. The summed E-state index contributed by atoms with van der Waals surface area (Å²) in [7, 11) is 1.96. The van der Waals surface area contributed by atoms with Crippen LogP contribution in [0.5, 0.6) is 0 Å². The maximum absolute atomic E-state index is 13.1. The van der Waals surface area contributed by atoms with Gasteiger partial charge in [-0.1, -0.05) is 10.3 Å². The van der Waals surface area contributed by atoms with Gasteiger partial charge in [0.1, 0.15) is 5.82 Å². The third-order valence-electron chi connectivity index (χ3n) is 5.48. The SMILES string of the molecule is Cn1cccc1-c1noc(C2CCN(Cc3nc(-c4ccc(F)cc4)no3)CC2)n1. The van der Waals surface area contributed by atoms with E-state index in [9.17, 15) is 4.39 Å². The Balaban J connectivity index is 1.18. The first-order valence-corrected chi connectivity index (χ1v) is 9.92. The Bertz CT molecular complexity index is 1120. The van der Waals surface area contributed by atoms with Crippen molar-refractivity contribution in [2.24, 2.45) is 7.05 Å². The molecule has 1 aromatic carbocycles. The van der Waals surface area contributed by atoms with E-state index in [-0.39, 0.29) is 11.7 Å². The van der Waals surface area contributed by atoms with E-state index in [0.717, 1.165) is 37.2 Å². The summed E-state index contributed by atoms with van der Waals surface area (Å²) in [5.74, 6) is 2.31. The fourth-order valence-electron chi connectivity index (χ4n) is 3.76. The molecule has 1 aliphatic rings. The molecule has 0 aliphatic carbocycles. The number of hydrogen-bond donors (Lipinski definition) is 0. The average Bonchev–Trinajstić information content (AvgIpc) is 3.50. The van der Waals surface area contributed by atoms with Gasteiger partial charge < -0.3 is 13.6 Å². The van der Waals surface area contributed by atoms with Crippen molar-refractivity contribution in [2.45, 2.75) is 25.3 Å². The molecule has 0 atom stereocenters. The molecule has 9 heteroatoms. The Morgan fingerprint density at radius 1 is 1.00 bits per heavy atom. The third kappa shape index (κ3) is 3.76. The fourth-order valence-corrected chi connectivity index (χ4v) is 3.76. The minimum absolute atomic E-state index is 0.250. The van der Waals surface area contributed by atoms with E-state index in [1.54, 1.807) is 12.1 Å². The van der Waals surface area contributed by atoms with Crippen LogP contribution >= 0.6 is 0 Å². The number of halogens is 1. The van der Waals surface area contributed by atoms with Crippen LogP contribution in [0, 0.1) is 5.82 Å². The first-order chi connectivity index (χ1) is 14.7. The van der Waals surface area contributed by atoms with Crippen LogP contribution < -0.4 is 0 Å². The lowest BCUT2D eigenvalue weighted by Crippen LogP contribution is -2.32. The van der Waals surface area contributed by atoms with Crippen molar-refractivity contribution < 1.29 is 13.4 Å². The molecule has 30 heavy (non-hydrogen) atoms. The molecule has 8 nitrogen and oxygen atoms in total. The van der Waals surface area contributed by atoms with Gasteiger partial charge in [-0.05, 0) is 62.3 Å². The molecular weight excluding hydrogens is 387 g/mol. The van der Waals surface area contributed by atoms with Crippen LogP contribution in [-0.2, 0) is 13.6 Å². The Morgan fingerprint density at radius 3 is 2.50 bits per heavy atom. The second-order valence-electron chi connectivity index (χ2n) is 7.53. The van der Waals surface area contributed by atoms with E-state index in [4.69, 9.17) is 9.05 Å². The quantitative estimate of drug-likeness (QED) is 0.498. The molecule has 3 aromatic heterocycles. The van der Waals surface area contributed by atoms with Gasteiger partial charge in [-0.15, -0.1) is 0 Å². The Labute approximate surface area is 172 Å². The summed E-state index contributed by atoms with van der Waals surface area (Å²) in [6, 6.07) is 9.99. The molecule has 0 spiro atoms. The van der Waals surface area contributed by atoms with Crippen molar-refractivity contribution in [1.29, 1.82) is 0 Å². The van der Waals surface area contributed by atoms with Crippen molar-refractivity contribution in [2.75, 3.05) is 13.1 Å². The lowest BCUT2D eigenvalue weighted by Gasteiger charge is -2.28. The van der Waals surface area contributed by atoms with Crippen molar-refractivity contribution in [3.05, 3.63) is 60.2 Å². The highest BCUT2D eigenvalue weighted by molar-refractivity contribution is 5.53. The zero-order chi connectivity index (χ0) is 20.5.